The van der Waals surface area contributed by atoms with E-state index in [4.69, 9.17) is 0 Å². The SMILES string of the molecule is Cc1cc(F)ccc1N1CCCC(NC(=O)C2CCCC2O)C1. The Morgan fingerprint density at radius 2 is 2.13 bits per heavy atom. The molecule has 1 aliphatic heterocycles. The maximum Gasteiger partial charge on any atom is 0.225 e. The van der Waals surface area contributed by atoms with Gasteiger partial charge < -0.3 is 15.3 Å². The molecule has 1 saturated heterocycles. The molecule has 2 aliphatic rings. The molecule has 3 unspecified atom stereocenters. The van der Waals surface area contributed by atoms with E-state index in [1.54, 1.807) is 6.07 Å². The third kappa shape index (κ3) is 3.66. The lowest BCUT2D eigenvalue weighted by molar-refractivity contribution is -0.128. The van der Waals surface area contributed by atoms with Crippen molar-refractivity contribution in [3.8, 4) is 0 Å². The third-order valence-electron chi connectivity index (χ3n) is 5.08. The molecule has 126 valence electrons. The Morgan fingerprint density at radius 3 is 2.83 bits per heavy atom. The molecule has 2 fully saturated rings. The van der Waals surface area contributed by atoms with Crippen molar-refractivity contribution < 1.29 is 14.3 Å². The zero-order chi connectivity index (χ0) is 16.4. The van der Waals surface area contributed by atoms with Crippen LogP contribution in [0.2, 0.25) is 0 Å². The van der Waals surface area contributed by atoms with E-state index in [0.717, 1.165) is 56.4 Å². The Balaban J connectivity index is 1.63. The van der Waals surface area contributed by atoms with Gasteiger partial charge in [-0.2, -0.15) is 0 Å². The topological polar surface area (TPSA) is 52.6 Å². The minimum Gasteiger partial charge on any atom is -0.392 e. The summed E-state index contributed by atoms with van der Waals surface area (Å²) in [6, 6.07) is 4.94. The van der Waals surface area contributed by atoms with Gasteiger partial charge in [0.15, 0.2) is 0 Å². The molecule has 1 heterocycles. The number of nitrogens with zero attached hydrogens (tertiary/aromatic N) is 1. The summed E-state index contributed by atoms with van der Waals surface area (Å²) < 4.78 is 13.3. The van der Waals surface area contributed by atoms with E-state index in [1.807, 2.05) is 13.0 Å². The highest BCUT2D eigenvalue weighted by atomic mass is 19.1. The number of aryl methyl sites for hydroxylation is 1. The maximum atomic E-state index is 13.3. The van der Waals surface area contributed by atoms with E-state index < -0.39 is 6.10 Å². The molecular weight excluding hydrogens is 295 g/mol. The summed E-state index contributed by atoms with van der Waals surface area (Å²) in [5.74, 6) is -0.487. The fourth-order valence-corrected chi connectivity index (χ4v) is 3.84. The van der Waals surface area contributed by atoms with Crippen molar-refractivity contribution in [3.63, 3.8) is 0 Å². The van der Waals surface area contributed by atoms with Crippen molar-refractivity contribution in [1.82, 2.24) is 5.32 Å². The fraction of sp³-hybridized carbons (Fsp3) is 0.611. The first-order valence-corrected chi connectivity index (χ1v) is 8.54. The van der Waals surface area contributed by atoms with Gasteiger partial charge >= 0.3 is 0 Å². The van der Waals surface area contributed by atoms with E-state index in [-0.39, 0.29) is 23.7 Å². The van der Waals surface area contributed by atoms with Crippen LogP contribution in [0, 0.1) is 18.7 Å². The van der Waals surface area contributed by atoms with Crippen LogP contribution in [0.4, 0.5) is 10.1 Å². The number of carbonyl (C=O) groups excluding carboxylic acids is 1. The van der Waals surface area contributed by atoms with E-state index >= 15 is 0 Å². The van der Waals surface area contributed by atoms with Gasteiger partial charge in [0, 0.05) is 24.8 Å². The molecule has 2 N–H and O–H groups in total. The van der Waals surface area contributed by atoms with Crippen molar-refractivity contribution in [3.05, 3.63) is 29.6 Å². The van der Waals surface area contributed by atoms with Gasteiger partial charge in [0.25, 0.3) is 0 Å². The number of nitrogens with one attached hydrogen (secondary N) is 1. The molecule has 1 aromatic rings. The second-order valence-corrected chi connectivity index (χ2v) is 6.83. The molecular formula is C18H25FN2O2. The number of anilines is 1. The number of benzene rings is 1. The summed E-state index contributed by atoms with van der Waals surface area (Å²) in [5, 5.41) is 13.0. The Hall–Kier alpha value is -1.62. The van der Waals surface area contributed by atoms with Gasteiger partial charge in [-0.25, -0.2) is 4.39 Å². The number of piperidine rings is 1. The van der Waals surface area contributed by atoms with Gasteiger partial charge in [-0.15, -0.1) is 0 Å². The molecule has 1 aliphatic carbocycles. The van der Waals surface area contributed by atoms with Gasteiger partial charge in [-0.3, -0.25) is 4.79 Å². The predicted octanol–water partition coefficient (Wildman–Crippen LogP) is 2.38. The summed E-state index contributed by atoms with van der Waals surface area (Å²) in [6.07, 6.45) is 3.88. The van der Waals surface area contributed by atoms with Crippen molar-refractivity contribution in [2.75, 3.05) is 18.0 Å². The number of carbonyl (C=O) groups is 1. The molecule has 23 heavy (non-hydrogen) atoms. The van der Waals surface area contributed by atoms with E-state index in [0.29, 0.717) is 0 Å². The van der Waals surface area contributed by atoms with Gasteiger partial charge in [-0.05, 0) is 62.8 Å². The highest BCUT2D eigenvalue weighted by Crippen LogP contribution is 2.27. The normalized spacial score (nSPS) is 28.0. The molecule has 1 saturated carbocycles. The number of rotatable bonds is 3. The Bertz CT molecular complexity index is 578. The Kier molecular flexibility index (Phi) is 4.85. The molecule has 0 bridgehead atoms. The number of aliphatic hydroxyl groups excluding tert-OH is 1. The molecule has 0 spiro atoms. The molecule has 3 atom stereocenters. The van der Waals surface area contributed by atoms with Crippen LogP contribution in [0.3, 0.4) is 0 Å². The lowest BCUT2D eigenvalue weighted by Gasteiger charge is -2.36. The van der Waals surface area contributed by atoms with Gasteiger partial charge in [-0.1, -0.05) is 0 Å². The van der Waals surface area contributed by atoms with E-state index in [2.05, 4.69) is 10.2 Å². The van der Waals surface area contributed by atoms with Crippen molar-refractivity contribution in [1.29, 1.82) is 0 Å². The van der Waals surface area contributed by atoms with Crippen LogP contribution in [0.1, 0.15) is 37.7 Å². The van der Waals surface area contributed by atoms with Gasteiger partial charge in [0.05, 0.1) is 12.0 Å². The average molecular weight is 320 g/mol. The number of hydrogen-bond acceptors (Lipinski definition) is 3. The summed E-state index contributed by atoms with van der Waals surface area (Å²) in [7, 11) is 0. The Morgan fingerprint density at radius 1 is 1.30 bits per heavy atom. The smallest absolute Gasteiger partial charge is 0.225 e. The first kappa shape index (κ1) is 16.2. The summed E-state index contributed by atoms with van der Waals surface area (Å²) in [4.78, 5) is 14.6. The van der Waals surface area contributed by atoms with Crippen LogP contribution < -0.4 is 10.2 Å². The van der Waals surface area contributed by atoms with Crippen LogP contribution in [-0.4, -0.2) is 36.2 Å². The number of amides is 1. The second kappa shape index (κ2) is 6.87. The van der Waals surface area contributed by atoms with Crippen LogP contribution in [0.5, 0.6) is 0 Å². The zero-order valence-electron chi connectivity index (χ0n) is 13.6. The lowest BCUT2D eigenvalue weighted by Crippen LogP contribution is -2.50. The standard InChI is InChI=1S/C18H25FN2O2/c1-12-10-13(19)7-8-16(12)21-9-3-4-14(11-21)20-18(23)15-5-2-6-17(15)22/h7-8,10,14-15,17,22H,2-6,9,11H2,1H3,(H,20,23). The summed E-state index contributed by atoms with van der Waals surface area (Å²) in [6.45, 7) is 3.57. The Labute approximate surface area is 136 Å². The van der Waals surface area contributed by atoms with Crippen molar-refractivity contribution in [2.45, 2.75) is 51.2 Å². The minimum atomic E-state index is -0.492. The number of aliphatic hydroxyl groups is 1. The number of halogens is 1. The predicted molar refractivity (Wildman–Crippen MR) is 87.9 cm³/mol. The third-order valence-corrected chi connectivity index (χ3v) is 5.08. The van der Waals surface area contributed by atoms with Crippen molar-refractivity contribution in [2.24, 2.45) is 5.92 Å². The maximum absolute atomic E-state index is 13.3. The van der Waals surface area contributed by atoms with Crippen LogP contribution in [0.15, 0.2) is 18.2 Å². The quantitative estimate of drug-likeness (QED) is 0.899. The highest BCUT2D eigenvalue weighted by Gasteiger charge is 2.33. The fourth-order valence-electron chi connectivity index (χ4n) is 3.84. The highest BCUT2D eigenvalue weighted by molar-refractivity contribution is 5.80. The summed E-state index contributed by atoms with van der Waals surface area (Å²) >= 11 is 0. The van der Waals surface area contributed by atoms with Crippen molar-refractivity contribution >= 4 is 11.6 Å². The van der Waals surface area contributed by atoms with E-state index in [1.165, 1.54) is 6.07 Å². The van der Waals surface area contributed by atoms with Crippen LogP contribution in [-0.2, 0) is 4.79 Å². The summed E-state index contributed by atoms with van der Waals surface area (Å²) in [5.41, 5.74) is 1.95. The lowest BCUT2D eigenvalue weighted by atomic mass is 10.0. The van der Waals surface area contributed by atoms with Crippen LogP contribution in [0.25, 0.3) is 0 Å². The molecule has 5 heteroatoms. The zero-order valence-corrected chi connectivity index (χ0v) is 13.6. The first-order valence-electron chi connectivity index (χ1n) is 8.54. The molecule has 1 aromatic carbocycles. The second-order valence-electron chi connectivity index (χ2n) is 6.83. The molecule has 4 nitrogen and oxygen atoms in total. The largest absolute Gasteiger partial charge is 0.392 e. The van der Waals surface area contributed by atoms with Gasteiger partial charge in [0.2, 0.25) is 5.91 Å². The first-order chi connectivity index (χ1) is 11.0. The molecule has 0 radical (unpaired) electrons. The van der Waals surface area contributed by atoms with E-state index in [9.17, 15) is 14.3 Å². The minimum absolute atomic E-state index is 0.0160. The number of hydrogen-bond donors (Lipinski definition) is 2. The van der Waals surface area contributed by atoms with Crippen LogP contribution >= 0.6 is 0 Å². The average Bonchev–Trinajstić information content (AvgIpc) is 2.94. The molecule has 3 rings (SSSR count). The molecule has 1 amide bonds. The van der Waals surface area contributed by atoms with Gasteiger partial charge in [0.1, 0.15) is 5.82 Å². The molecule has 0 aromatic heterocycles. The monoisotopic (exact) mass is 320 g/mol.